The molecule has 0 amide bonds. The summed E-state index contributed by atoms with van der Waals surface area (Å²) < 4.78 is 5.24. The summed E-state index contributed by atoms with van der Waals surface area (Å²) in [5.41, 5.74) is 1.38. The molecule has 1 saturated heterocycles. The Hall–Kier alpha value is -1.06. The third kappa shape index (κ3) is 4.21. The number of methoxy groups -OCH3 is 1. The molecule has 0 aliphatic carbocycles. The fraction of sp³-hybridized carbons (Fsp3) is 0.667. The van der Waals surface area contributed by atoms with Crippen LogP contribution in [0.4, 0.5) is 0 Å². The van der Waals surface area contributed by atoms with Gasteiger partial charge in [0, 0.05) is 25.2 Å². The van der Waals surface area contributed by atoms with Gasteiger partial charge in [-0.05, 0) is 49.9 Å². The van der Waals surface area contributed by atoms with Crippen molar-refractivity contribution in [1.29, 1.82) is 0 Å². The predicted molar refractivity (Wildman–Crippen MR) is 88.8 cm³/mol. The van der Waals surface area contributed by atoms with Gasteiger partial charge in [0.25, 0.3) is 0 Å². The number of rotatable bonds is 6. The Morgan fingerprint density at radius 1 is 1.33 bits per heavy atom. The van der Waals surface area contributed by atoms with Crippen molar-refractivity contribution < 1.29 is 4.74 Å². The number of ether oxygens (including phenoxy) is 1. The molecule has 3 nitrogen and oxygen atoms in total. The number of hydrogen-bond donors (Lipinski definition) is 1. The van der Waals surface area contributed by atoms with Crippen molar-refractivity contribution in [3.05, 3.63) is 29.8 Å². The molecule has 1 heterocycles. The van der Waals surface area contributed by atoms with E-state index in [1.807, 2.05) is 0 Å². The molecule has 0 radical (unpaired) electrons. The van der Waals surface area contributed by atoms with Crippen molar-refractivity contribution in [3.63, 3.8) is 0 Å². The van der Waals surface area contributed by atoms with E-state index in [0.717, 1.165) is 12.3 Å². The Labute approximate surface area is 129 Å². The predicted octanol–water partition coefficient (Wildman–Crippen LogP) is 3.47. The summed E-state index contributed by atoms with van der Waals surface area (Å²) in [6.45, 7) is 10.4. The first-order chi connectivity index (χ1) is 10.2. The van der Waals surface area contributed by atoms with Crippen LogP contribution in [0.1, 0.15) is 45.2 Å². The van der Waals surface area contributed by atoms with Gasteiger partial charge < -0.3 is 10.1 Å². The lowest BCUT2D eigenvalue weighted by molar-refractivity contribution is 0.111. The minimum atomic E-state index is 0.477. The van der Waals surface area contributed by atoms with Gasteiger partial charge in [-0.1, -0.05) is 26.0 Å². The van der Waals surface area contributed by atoms with E-state index >= 15 is 0 Å². The van der Waals surface area contributed by atoms with Crippen molar-refractivity contribution in [2.75, 3.05) is 26.7 Å². The number of piperidine rings is 1. The summed E-state index contributed by atoms with van der Waals surface area (Å²) in [7, 11) is 1.72. The molecule has 0 bridgehead atoms. The van der Waals surface area contributed by atoms with E-state index in [1.54, 1.807) is 7.11 Å². The van der Waals surface area contributed by atoms with E-state index in [1.165, 1.54) is 31.5 Å². The third-order valence-electron chi connectivity index (χ3n) is 4.74. The zero-order valence-electron chi connectivity index (χ0n) is 13.9. The van der Waals surface area contributed by atoms with Crippen LogP contribution in [0.3, 0.4) is 0 Å². The van der Waals surface area contributed by atoms with Gasteiger partial charge in [-0.15, -0.1) is 0 Å². The Bertz CT molecular complexity index is 418. The molecule has 1 N–H and O–H groups in total. The second-order valence-corrected chi connectivity index (χ2v) is 6.27. The summed E-state index contributed by atoms with van der Waals surface area (Å²) in [6, 6.07) is 9.66. The van der Waals surface area contributed by atoms with Crippen molar-refractivity contribution in [1.82, 2.24) is 10.2 Å². The van der Waals surface area contributed by atoms with Crippen LogP contribution in [-0.2, 0) is 0 Å². The fourth-order valence-corrected chi connectivity index (χ4v) is 3.26. The highest BCUT2D eigenvalue weighted by Crippen LogP contribution is 2.27. The highest BCUT2D eigenvalue weighted by Gasteiger charge is 2.28. The molecule has 0 spiro atoms. The molecule has 1 fully saturated rings. The Balaban J connectivity index is 1.93. The lowest BCUT2D eigenvalue weighted by atomic mass is 9.91. The minimum Gasteiger partial charge on any atom is -0.497 e. The molecule has 21 heavy (non-hydrogen) atoms. The summed E-state index contributed by atoms with van der Waals surface area (Å²) >= 11 is 0. The largest absolute Gasteiger partial charge is 0.497 e. The van der Waals surface area contributed by atoms with Gasteiger partial charge in [0.1, 0.15) is 5.75 Å². The molecule has 3 heteroatoms. The number of benzene rings is 1. The average Bonchev–Trinajstić information content (AvgIpc) is 2.53. The quantitative estimate of drug-likeness (QED) is 0.868. The van der Waals surface area contributed by atoms with Crippen LogP contribution in [0.2, 0.25) is 0 Å². The van der Waals surface area contributed by atoms with Crippen LogP contribution < -0.4 is 10.1 Å². The van der Waals surface area contributed by atoms with E-state index in [-0.39, 0.29) is 0 Å². The number of nitrogens with zero attached hydrogens (tertiary/aromatic N) is 1. The van der Waals surface area contributed by atoms with Crippen molar-refractivity contribution >= 4 is 0 Å². The highest BCUT2D eigenvalue weighted by molar-refractivity contribution is 5.29. The smallest absolute Gasteiger partial charge is 0.118 e. The van der Waals surface area contributed by atoms with E-state index < -0.39 is 0 Å². The van der Waals surface area contributed by atoms with E-state index in [2.05, 4.69) is 55.3 Å². The second-order valence-electron chi connectivity index (χ2n) is 6.27. The molecule has 3 unspecified atom stereocenters. The van der Waals surface area contributed by atoms with E-state index in [9.17, 15) is 0 Å². The van der Waals surface area contributed by atoms with E-state index in [0.29, 0.717) is 18.0 Å². The van der Waals surface area contributed by atoms with Crippen molar-refractivity contribution in [2.24, 2.45) is 5.92 Å². The molecular weight excluding hydrogens is 260 g/mol. The standard InChI is InChI=1S/C18H30N2O/c1-5-11-19-18-10-12-20(13-14(18)2)15(3)16-6-8-17(21-4)9-7-16/h6-9,14-15,18-19H,5,10-13H2,1-4H3. The summed E-state index contributed by atoms with van der Waals surface area (Å²) in [4.78, 5) is 2.61. The van der Waals surface area contributed by atoms with Crippen molar-refractivity contribution in [3.8, 4) is 5.75 Å². The molecule has 2 rings (SSSR count). The van der Waals surface area contributed by atoms with Gasteiger partial charge in [0.2, 0.25) is 0 Å². The second kappa shape index (κ2) is 7.81. The zero-order valence-corrected chi connectivity index (χ0v) is 13.9. The highest BCUT2D eigenvalue weighted by atomic mass is 16.5. The molecule has 118 valence electrons. The molecule has 1 aromatic rings. The van der Waals surface area contributed by atoms with Crippen molar-refractivity contribution in [2.45, 2.75) is 45.7 Å². The van der Waals surface area contributed by atoms with Crippen LogP contribution in [0.5, 0.6) is 5.75 Å². The molecule has 1 aromatic carbocycles. The normalized spacial score (nSPS) is 24.8. The monoisotopic (exact) mass is 290 g/mol. The maximum atomic E-state index is 5.24. The van der Waals surface area contributed by atoms with Gasteiger partial charge in [-0.2, -0.15) is 0 Å². The molecule has 3 atom stereocenters. The topological polar surface area (TPSA) is 24.5 Å². The summed E-state index contributed by atoms with van der Waals surface area (Å²) in [5.74, 6) is 1.65. The van der Waals surface area contributed by atoms with Crippen LogP contribution >= 0.6 is 0 Å². The van der Waals surface area contributed by atoms with Gasteiger partial charge >= 0.3 is 0 Å². The lowest BCUT2D eigenvalue weighted by Gasteiger charge is -2.40. The summed E-state index contributed by atoms with van der Waals surface area (Å²) in [6.07, 6.45) is 2.47. The van der Waals surface area contributed by atoms with Gasteiger partial charge in [0.15, 0.2) is 0 Å². The first kappa shape index (κ1) is 16.3. The Kier molecular flexibility index (Phi) is 6.07. The molecular formula is C18H30N2O. The average molecular weight is 290 g/mol. The SMILES string of the molecule is CCCNC1CCN(C(C)c2ccc(OC)cc2)CC1C. The van der Waals surface area contributed by atoms with Crippen LogP contribution in [0.25, 0.3) is 0 Å². The van der Waals surface area contributed by atoms with Gasteiger partial charge in [0.05, 0.1) is 7.11 Å². The first-order valence-electron chi connectivity index (χ1n) is 8.27. The number of hydrogen-bond acceptors (Lipinski definition) is 3. The first-order valence-corrected chi connectivity index (χ1v) is 8.27. The fourth-order valence-electron chi connectivity index (χ4n) is 3.26. The van der Waals surface area contributed by atoms with E-state index in [4.69, 9.17) is 4.74 Å². The van der Waals surface area contributed by atoms with Crippen LogP contribution in [0, 0.1) is 5.92 Å². The van der Waals surface area contributed by atoms with Crippen LogP contribution in [0.15, 0.2) is 24.3 Å². The molecule has 1 aliphatic rings. The number of likely N-dealkylation sites (tertiary alicyclic amines) is 1. The van der Waals surface area contributed by atoms with Crippen LogP contribution in [-0.4, -0.2) is 37.7 Å². The molecule has 0 aromatic heterocycles. The summed E-state index contributed by atoms with van der Waals surface area (Å²) in [5, 5.41) is 3.69. The zero-order chi connectivity index (χ0) is 15.2. The molecule has 1 aliphatic heterocycles. The Morgan fingerprint density at radius 3 is 2.62 bits per heavy atom. The maximum absolute atomic E-state index is 5.24. The van der Waals surface area contributed by atoms with Gasteiger partial charge in [-0.3, -0.25) is 4.90 Å². The third-order valence-corrected chi connectivity index (χ3v) is 4.74. The molecule has 0 saturated carbocycles. The lowest BCUT2D eigenvalue weighted by Crippen LogP contribution is -2.49. The van der Waals surface area contributed by atoms with Gasteiger partial charge in [-0.25, -0.2) is 0 Å². The Morgan fingerprint density at radius 2 is 2.05 bits per heavy atom. The number of nitrogens with one attached hydrogen (secondary N) is 1. The minimum absolute atomic E-state index is 0.477. The maximum Gasteiger partial charge on any atom is 0.118 e.